The van der Waals surface area contributed by atoms with E-state index >= 15 is 0 Å². The molecule has 10 heteroatoms. The van der Waals surface area contributed by atoms with Crippen molar-refractivity contribution in [2.45, 2.75) is 34.3 Å². The second-order valence-electron chi connectivity index (χ2n) is 7.32. The van der Waals surface area contributed by atoms with Gasteiger partial charge in [0.15, 0.2) is 0 Å². The van der Waals surface area contributed by atoms with E-state index in [1.807, 2.05) is 45.0 Å². The number of H-pyrrole nitrogens is 1. The van der Waals surface area contributed by atoms with Crippen molar-refractivity contribution in [2.24, 2.45) is 10.2 Å². The lowest BCUT2D eigenvalue weighted by Gasteiger charge is -2.05. The van der Waals surface area contributed by atoms with Crippen molar-refractivity contribution in [1.82, 2.24) is 9.97 Å². The van der Waals surface area contributed by atoms with E-state index in [-0.39, 0.29) is 32.3 Å². The van der Waals surface area contributed by atoms with Crippen LogP contribution < -0.4 is 5.62 Å². The Kier molecular flexibility index (Phi) is 8.19. The number of aryl methyl sites for hydroxylation is 3. The van der Waals surface area contributed by atoms with Gasteiger partial charge in [0, 0.05) is 22.5 Å². The van der Waals surface area contributed by atoms with Crippen LogP contribution in [0.1, 0.15) is 45.4 Å². The molecule has 1 aliphatic heterocycles. The minimum atomic E-state index is -0.523. The molecule has 0 fully saturated rings. The van der Waals surface area contributed by atoms with Gasteiger partial charge in [0.05, 0.1) is 31.4 Å². The Morgan fingerprint density at radius 2 is 1.70 bits per heavy atom. The maximum absolute atomic E-state index is 11.2. The molecule has 0 saturated carbocycles. The highest BCUT2D eigenvalue weighted by Crippen LogP contribution is 2.44. The van der Waals surface area contributed by atoms with Gasteiger partial charge in [-0.25, -0.2) is 9.78 Å². The first kappa shape index (κ1) is 25.2. The van der Waals surface area contributed by atoms with Gasteiger partial charge in [-0.3, -0.25) is 0 Å². The zero-order valence-corrected chi connectivity index (χ0v) is 21.3. The highest BCUT2D eigenvalue weighted by Gasteiger charge is 2.30. The van der Waals surface area contributed by atoms with Crippen LogP contribution in [-0.2, 0) is 11.3 Å². The van der Waals surface area contributed by atoms with Gasteiger partial charge in [0.25, 0.3) is 0 Å². The molecule has 0 aliphatic carbocycles. The van der Waals surface area contributed by atoms with Crippen LogP contribution in [0.15, 0.2) is 40.5 Å². The molecule has 0 atom stereocenters. The van der Waals surface area contributed by atoms with Crippen molar-refractivity contribution in [3.05, 3.63) is 89.7 Å². The van der Waals surface area contributed by atoms with Crippen LogP contribution in [0.5, 0.6) is 0 Å². The molecule has 1 aliphatic rings. The van der Waals surface area contributed by atoms with E-state index in [9.17, 15) is 4.79 Å². The minimum absolute atomic E-state index is 0.0796. The molecule has 0 amide bonds. The molecular weight excluding hydrogens is 506 g/mol. The number of nitrogens with zero attached hydrogens (tertiary/aromatic N) is 3. The summed E-state index contributed by atoms with van der Waals surface area (Å²) in [7, 11) is 0. The number of rotatable bonds is 2. The Balaban J connectivity index is 0.000000194. The van der Waals surface area contributed by atoms with Gasteiger partial charge in [-0.2, -0.15) is 5.10 Å². The number of cyclic esters (lactones) is 1. The first-order chi connectivity index (χ1) is 15.6. The third kappa shape index (κ3) is 5.76. The molecule has 0 spiro atoms. The number of carbonyl (C=O) groups is 1. The Morgan fingerprint density at radius 3 is 2.36 bits per heavy atom. The van der Waals surface area contributed by atoms with Gasteiger partial charge in [0.2, 0.25) is 5.62 Å². The van der Waals surface area contributed by atoms with Crippen molar-refractivity contribution < 1.29 is 9.53 Å². The summed E-state index contributed by atoms with van der Waals surface area (Å²) in [6.45, 7) is 8.02. The molecule has 1 N–H and O–H groups in total. The molecule has 6 nitrogen and oxygen atoms in total. The fourth-order valence-electron chi connectivity index (χ4n) is 3.19. The standard InChI is InChI=1S/C15H18N4.C8H2Cl4O2/c1-10-7-5-6-8-14(10)13(4)18-19-15-16-11(2)9-12(3)17-15;9-4-2-1-14-8(13)3(2)5(10)7(12)6(4)11/h5-9H,1-4H3,(H,16,17,19);1H2/b18-13-;. The molecule has 2 aromatic carbocycles. The van der Waals surface area contributed by atoms with E-state index in [0.29, 0.717) is 11.2 Å². The van der Waals surface area contributed by atoms with Gasteiger partial charge >= 0.3 is 5.97 Å². The Hall–Kier alpha value is -2.38. The lowest BCUT2D eigenvalue weighted by molar-refractivity contribution is 0.0535. The number of aromatic amines is 1. The fourth-order valence-corrected chi connectivity index (χ4v) is 4.21. The SMILES string of the molecule is C/C(=N/N=c1\nc(C)cc(C)[nH]1)c1ccccc1C.O=C1OCc2c(Cl)c(Cl)c(Cl)c(Cl)c21. The highest BCUT2D eigenvalue weighted by molar-refractivity contribution is 6.53. The quantitative estimate of drug-likeness (QED) is 0.134. The molecule has 33 heavy (non-hydrogen) atoms. The molecule has 4 rings (SSSR count). The summed E-state index contributed by atoms with van der Waals surface area (Å²) >= 11 is 23.3. The van der Waals surface area contributed by atoms with Crippen molar-refractivity contribution in [2.75, 3.05) is 0 Å². The summed E-state index contributed by atoms with van der Waals surface area (Å²) < 4.78 is 4.77. The van der Waals surface area contributed by atoms with Gasteiger partial charge in [0.1, 0.15) is 6.61 Å². The largest absolute Gasteiger partial charge is 0.457 e. The van der Waals surface area contributed by atoms with Crippen LogP contribution in [-0.4, -0.2) is 21.6 Å². The van der Waals surface area contributed by atoms with E-state index in [4.69, 9.17) is 51.1 Å². The first-order valence-electron chi connectivity index (χ1n) is 9.81. The number of ether oxygens (including phenoxy) is 1. The van der Waals surface area contributed by atoms with Crippen LogP contribution in [0.25, 0.3) is 0 Å². The van der Waals surface area contributed by atoms with Gasteiger partial charge in [-0.15, -0.1) is 5.10 Å². The Morgan fingerprint density at radius 1 is 1.03 bits per heavy atom. The smallest absolute Gasteiger partial charge is 0.340 e. The van der Waals surface area contributed by atoms with Crippen LogP contribution in [0.2, 0.25) is 20.1 Å². The number of aromatic nitrogens is 2. The molecule has 1 aromatic heterocycles. The number of hydrogen-bond acceptors (Lipinski definition) is 5. The van der Waals surface area contributed by atoms with Crippen LogP contribution >= 0.6 is 46.4 Å². The lowest BCUT2D eigenvalue weighted by Crippen LogP contribution is -2.14. The number of hydrogen-bond donors (Lipinski definition) is 1. The summed E-state index contributed by atoms with van der Waals surface area (Å²) in [6, 6.07) is 10.1. The van der Waals surface area contributed by atoms with Crippen molar-refractivity contribution in [3.8, 4) is 0 Å². The molecule has 0 saturated heterocycles. The second kappa shape index (κ2) is 10.7. The fraction of sp³-hybridized carbons (Fsp3) is 0.217. The molecule has 0 radical (unpaired) electrons. The summed E-state index contributed by atoms with van der Waals surface area (Å²) in [6.07, 6.45) is 0. The van der Waals surface area contributed by atoms with E-state index in [1.54, 1.807) is 0 Å². The third-order valence-corrected chi connectivity index (χ3v) is 6.60. The Bertz CT molecular complexity index is 1310. The zero-order valence-electron chi connectivity index (χ0n) is 18.3. The van der Waals surface area contributed by atoms with Crippen molar-refractivity contribution >= 4 is 58.1 Å². The first-order valence-corrected chi connectivity index (χ1v) is 11.3. The number of esters is 1. The van der Waals surface area contributed by atoms with Crippen molar-refractivity contribution in [3.63, 3.8) is 0 Å². The Labute approximate surface area is 211 Å². The minimum Gasteiger partial charge on any atom is -0.457 e. The molecule has 172 valence electrons. The molecule has 3 aromatic rings. The monoisotopic (exact) mass is 524 g/mol. The van der Waals surface area contributed by atoms with E-state index in [2.05, 4.69) is 33.2 Å². The van der Waals surface area contributed by atoms with Crippen molar-refractivity contribution in [1.29, 1.82) is 0 Å². The van der Waals surface area contributed by atoms with Crippen LogP contribution in [0.3, 0.4) is 0 Å². The normalized spacial score (nSPS) is 13.4. The van der Waals surface area contributed by atoms with Crippen LogP contribution in [0.4, 0.5) is 0 Å². The number of benzene rings is 2. The zero-order chi connectivity index (χ0) is 24.3. The van der Waals surface area contributed by atoms with E-state index in [0.717, 1.165) is 22.7 Å². The van der Waals surface area contributed by atoms with E-state index < -0.39 is 5.97 Å². The number of carbonyl (C=O) groups excluding carboxylic acids is 1. The summed E-state index contributed by atoms with van der Waals surface area (Å²) in [4.78, 5) is 18.6. The van der Waals surface area contributed by atoms with Gasteiger partial charge < -0.3 is 9.72 Å². The number of fused-ring (bicyclic) bond motifs is 1. The second-order valence-corrected chi connectivity index (χ2v) is 8.83. The lowest BCUT2D eigenvalue weighted by atomic mass is 10.1. The molecule has 0 bridgehead atoms. The average molecular weight is 526 g/mol. The summed E-state index contributed by atoms with van der Waals surface area (Å²) in [5.74, 6) is -0.523. The topological polar surface area (TPSA) is 79.7 Å². The highest BCUT2D eigenvalue weighted by atomic mass is 35.5. The van der Waals surface area contributed by atoms with Gasteiger partial charge in [-0.05, 0) is 39.3 Å². The maximum Gasteiger partial charge on any atom is 0.340 e. The van der Waals surface area contributed by atoms with Crippen LogP contribution in [0, 0.1) is 20.8 Å². The number of halogens is 4. The predicted octanol–water partition coefficient (Wildman–Crippen LogP) is 6.63. The van der Waals surface area contributed by atoms with Gasteiger partial charge in [-0.1, -0.05) is 70.7 Å². The van der Waals surface area contributed by atoms with E-state index in [1.165, 1.54) is 5.56 Å². The predicted molar refractivity (Wildman–Crippen MR) is 133 cm³/mol. The maximum atomic E-state index is 11.2. The summed E-state index contributed by atoms with van der Waals surface area (Å²) in [5.41, 5.74) is 6.38. The molecule has 0 unspecified atom stereocenters. The molecule has 2 heterocycles. The number of nitrogens with one attached hydrogen (secondary N) is 1. The third-order valence-electron chi connectivity index (χ3n) is 4.76. The summed E-state index contributed by atoms with van der Waals surface area (Å²) in [5, 5.41) is 8.97. The average Bonchev–Trinajstić information content (AvgIpc) is 3.16. The molecular formula is C23H20Cl4N4O2.